The van der Waals surface area contributed by atoms with Gasteiger partial charge in [0, 0.05) is 28.9 Å². The van der Waals surface area contributed by atoms with E-state index in [4.69, 9.17) is 23.2 Å². The molecule has 0 aromatic heterocycles. The maximum absolute atomic E-state index is 13.3. The average Bonchev–Trinajstić information content (AvgIpc) is 2.35. The van der Waals surface area contributed by atoms with Crippen molar-refractivity contribution in [1.29, 1.82) is 0 Å². The van der Waals surface area contributed by atoms with E-state index in [0.717, 1.165) is 15.5 Å². The van der Waals surface area contributed by atoms with Crippen LogP contribution in [0.25, 0.3) is 0 Å². The minimum absolute atomic E-state index is 0.259. The zero-order valence-electron chi connectivity index (χ0n) is 10.5. The molecule has 0 radical (unpaired) electrons. The van der Waals surface area contributed by atoms with Gasteiger partial charge in [-0.2, -0.15) is 0 Å². The zero-order valence-corrected chi connectivity index (χ0v) is 12.8. The number of hydrogen-bond donors (Lipinski definition) is 0. The summed E-state index contributed by atoms with van der Waals surface area (Å²) in [5, 5.41) is 1.25. The molecule has 0 aliphatic rings. The van der Waals surface area contributed by atoms with Gasteiger partial charge in [0.2, 0.25) is 0 Å². The Balaban J connectivity index is 2.40. The van der Waals surface area contributed by atoms with Crippen LogP contribution in [-0.4, -0.2) is 14.1 Å². The third-order valence-electron chi connectivity index (χ3n) is 2.52. The van der Waals surface area contributed by atoms with Crippen molar-refractivity contribution >= 4 is 40.7 Å². The number of rotatable bonds is 3. The molecule has 0 aliphatic carbocycles. The monoisotopic (exact) mass is 315 g/mol. The third-order valence-corrected chi connectivity index (χ3v) is 4.32. The molecule has 0 aliphatic heterocycles. The maximum Gasteiger partial charge on any atom is 0.125 e. The van der Waals surface area contributed by atoms with Crippen LogP contribution in [0.3, 0.4) is 0 Å². The predicted octanol–water partition coefficient (Wildman–Crippen LogP) is 5.35. The van der Waals surface area contributed by atoms with Crippen molar-refractivity contribution in [2.45, 2.75) is 9.79 Å². The summed E-state index contributed by atoms with van der Waals surface area (Å²) in [5.41, 5.74) is 0.807. The molecule has 0 saturated carbocycles. The van der Waals surface area contributed by atoms with Gasteiger partial charge in [-0.25, -0.2) is 4.39 Å². The summed E-state index contributed by atoms with van der Waals surface area (Å²) in [7, 11) is 3.75. The first kappa shape index (κ1) is 14.5. The largest absolute Gasteiger partial charge is 0.377 e. The second kappa shape index (κ2) is 6.04. The van der Waals surface area contributed by atoms with Gasteiger partial charge in [-0.3, -0.25) is 0 Å². The lowest BCUT2D eigenvalue weighted by Crippen LogP contribution is -2.10. The number of nitrogens with zero attached hydrogens (tertiary/aromatic N) is 1. The molecule has 19 heavy (non-hydrogen) atoms. The second-order valence-corrected chi connectivity index (χ2v) is 6.11. The van der Waals surface area contributed by atoms with Crippen LogP contribution in [0.5, 0.6) is 0 Å². The molecule has 0 N–H and O–H groups in total. The highest BCUT2D eigenvalue weighted by atomic mass is 35.5. The molecule has 0 bridgehead atoms. The Kier molecular flexibility index (Phi) is 4.61. The lowest BCUT2D eigenvalue weighted by Gasteiger charge is -2.17. The highest BCUT2D eigenvalue weighted by molar-refractivity contribution is 7.99. The summed E-state index contributed by atoms with van der Waals surface area (Å²) in [5.74, 6) is -0.259. The zero-order chi connectivity index (χ0) is 14.0. The van der Waals surface area contributed by atoms with Crippen LogP contribution in [-0.2, 0) is 0 Å². The SMILES string of the molecule is CN(C)c1cc(F)ccc1Sc1cc(Cl)ccc1Cl. The smallest absolute Gasteiger partial charge is 0.125 e. The van der Waals surface area contributed by atoms with Crippen molar-refractivity contribution in [3.05, 3.63) is 52.3 Å². The molecule has 2 aromatic rings. The number of benzene rings is 2. The van der Waals surface area contributed by atoms with Crippen molar-refractivity contribution in [1.82, 2.24) is 0 Å². The minimum atomic E-state index is -0.259. The number of anilines is 1. The second-order valence-electron chi connectivity index (χ2n) is 4.18. The molecule has 0 spiro atoms. The predicted molar refractivity (Wildman–Crippen MR) is 81.3 cm³/mol. The van der Waals surface area contributed by atoms with E-state index in [9.17, 15) is 4.39 Å². The first-order valence-corrected chi connectivity index (χ1v) is 7.14. The van der Waals surface area contributed by atoms with Crippen LogP contribution in [0.1, 0.15) is 0 Å². The molecule has 0 fully saturated rings. The molecule has 0 unspecified atom stereocenters. The van der Waals surface area contributed by atoms with Crippen LogP contribution >= 0.6 is 35.0 Å². The molecule has 0 amide bonds. The Morgan fingerprint density at radius 1 is 1.00 bits per heavy atom. The molecule has 100 valence electrons. The van der Waals surface area contributed by atoms with E-state index in [1.165, 1.54) is 23.9 Å². The van der Waals surface area contributed by atoms with Crippen molar-refractivity contribution in [2.75, 3.05) is 19.0 Å². The molecule has 0 saturated heterocycles. The molecular formula is C14H12Cl2FNS. The van der Waals surface area contributed by atoms with E-state index in [-0.39, 0.29) is 5.82 Å². The lowest BCUT2D eigenvalue weighted by atomic mass is 10.3. The summed E-state index contributed by atoms with van der Waals surface area (Å²) >= 11 is 13.6. The molecular weight excluding hydrogens is 304 g/mol. The summed E-state index contributed by atoms with van der Waals surface area (Å²) in [6.07, 6.45) is 0. The summed E-state index contributed by atoms with van der Waals surface area (Å²) in [4.78, 5) is 3.64. The van der Waals surface area contributed by atoms with E-state index in [0.29, 0.717) is 10.0 Å². The van der Waals surface area contributed by atoms with Crippen LogP contribution in [0.2, 0.25) is 10.0 Å². The van der Waals surface area contributed by atoms with E-state index in [1.54, 1.807) is 24.3 Å². The third kappa shape index (κ3) is 3.56. The highest BCUT2D eigenvalue weighted by Crippen LogP contribution is 2.39. The molecule has 0 heterocycles. The summed E-state index contributed by atoms with van der Waals surface area (Å²) in [6.45, 7) is 0. The van der Waals surface area contributed by atoms with E-state index in [1.807, 2.05) is 19.0 Å². The first-order valence-electron chi connectivity index (χ1n) is 5.57. The van der Waals surface area contributed by atoms with Crippen molar-refractivity contribution in [3.8, 4) is 0 Å². The van der Waals surface area contributed by atoms with Crippen molar-refractivity contribution in [3.63, 3.8) is 0 Å². The maximum atomic E-state index is 13.3. The normalized spacial score (nSPS) is 10.6. The van der Waals surface area contributed by atoms with Gasteiger partial charge in [0.05, 0.1) is 10.7 Å². The quantitative estimate of drug-likeness (QED) is 0.751. The first-order chi connectivity index (χ1) is 8.97. The molecule has 2 rings (SSSR count). The van der Waals surface area contributed by atoms with Gasteiger partial charge >= 0.3 is 0 Å². The van der Waals surface area contributed by atoms with Gasteiger partial charge in [0.15, 0.2) is 0 Å². The molecule has 1 nitrogen and oxygen atoms in total. The molecule has 0 atom stereocenters. The Hall–Kier alpha value is -0.900. The van der Waals surface area contributed by atoms with Crippen LogP contribution in [0.4, 0.5) is 10.1 Å². The average molecular weight is 316 g/mol. The molecule has 5 heteroatoms. The van der Waals surface area contributed by atoms with Gasteiger partial charge in [0.25, 0.3) is 0 Å². The van der Waals surface area contributed by atoms with E-state index >= 15 is 0 Å². The molecule has 2 aromatic carbocycles. The van der Waals surface area contributed by atoms with Crippen LogP contribution in [0.15, 0.2) is 46.2 Å². The summed E-state index contributed by atoms with van der Waals surface area (Å²) < 4.78 is 13.3. The van der Waals surface area contributed by atoms with Gasteiger partial charge in [-0.1, -0.05) is 35.0 Å². The Morgan fingerprint density at radius 2 is 1.74 bits per heavy atom. The Bertz CT molecular complexity index is 602. The fourth-order valence-electron chi connectivity index (χ4n) is 1.60. The minimum Gasteiger partial charge on any atom is -0.377 e. The number of hydrogen-bond acceptors (Lipinski definition) is 2. The van der Waals surface area contributed by atoms with E-state index < -0.39 is 0 Å². The van der Waals surface area contributed by atoms with Crippen molar-refractivity contribution in [2.24, 2.45) is 0 Å². The van der Waals surface area contributed by atoms with Gasteiger partial charge in [-0.05, 0) is 36.4 Å². The lowest BCUT2D eigenvalue weighted by molar-refractivity contribution is 0.626. The van der Waals surface area contributed by atoms with Crippen molar-refractivity contribution < 1.29 is 4.39 Å². The highest BCUT2D eigenvalue weighted by Gasteiger charge is 2.10. The Morgan fingerprint density at radius 3 is 2.42 bits per heavy atom. The fraction of sp³-hybridized carbons (Fsp3) is 0.143. The van der Waals surface area contributed by atoms with Gasteiger partial charge in [-0.15, -0.1) is 0 Å². The topological polar surface area (TPSA) is 3.24 Å². The van der Waals surface area contributed by atoms with Crippen LogP contribution < -0.4 is 4.90 Å². The van der Waals surface area contributed by atoms with Crippen LogP contribution in [0, 0.1) is 5.82 Å². The van der Waals surface area contributed by atoms with Gasteiger partial charge in [0.1, 0.15) is 5.82 Å². The summed E-state index contributed by atoms with van der Waals surface area (Å²) in [6, 6.07) is 9.98. The Labute approximate surface area is 126 Å². The number of halogens is 3. The van der Waals surface area contributed by atoms with Gasteiger partial charge < -0.3 is 4.90 Å². The fourth-order valence-corrected chi connectivity index (χ4v) is 3.14. The van der Waals surface area contributed by atoms with E-state index in [2.05, 4.69) is 0 Å². The standard InChI is InChI=1S/C14H12Cl2FNS/c1-18(2)12-8-10(17)4-6-13(12)19-14-7-9(15)3-5-11(14)16/h3-8H,1-2H3.